The Balaban J connectivity index is 2.22. The van der Waals surface area contributed by atoms with Crippen LogP contribution in [0.4, 0.5) is 8.78 Å². The van der Waals surface area contributed by atoms with Gasteiger partial charge in [-0.2, -0.15) is 0 Å². The molecule has 1 saturated carbocycles. The van der Waals surface area contributed by atoms with Crippen LogP contribution in [0.5, 0.6) is 0 Å². The van der Waals surface area contributed by atoms with Crippen molar-refractivity contribution < 1.29 is 13.6 Å². The van der Waals surface area contributed by atoms with Crippen LogP contribution in [0.1, 0.15) is 31.6 Å². The molecule has 3 rings (SSSR count). The summed E-state index contributed by atoms with van der Waals surface area (Å²) in [6, 6.07) is 2.34. The molecular weight excluding hydrogens is 302 g/mol. The number of benzene rings is 1. The zero-order valence-corrected chi connectivity index (χ0v) is 12.5. The smallest absolute Gasteiger partial charge is 0.175 e. The van der Waals surface area contributed by atoms with Crippen LogP contribution in [0.15, 0.2) is 30.1 Å². The highest BCUT2D eigenvalue weighted by atomic mass is 19.2. The topological polar surface area (TPSA) is 86.9 Å². The van der Waals surface area contributed by atoms with Crippen molar-refractivity contribution in [3.05, 3.63) is 47.6 Å². The highest BCUT2D eigenvalue weighted by Crippen LogP contribution is 2.40. The lowest BCUT2D eigenvalue weighted by Gasteiger charge is -2.08. The van der Waals surface area contributed by atoms with E-state index in [1.54, 1.807) is 0 Å². The van der Waals surface area contributed by atoms with E-state index in [1.807, 2.05) is 4.57 Å². The third kappa shape index (κ3) is 2.69. The van der Waals surface area contributed by atoms with Gasteiger partial charge in [-0.25, -0.2) is 13.8 Å². The van der Waals surface area contributed by atoms with E-state index >= 15 is 0 Å². The molecule has 0 saturated heterocycles. The highest BCUT2D eigenvalue weighted by molar-refractivity contribution is 5.95. The van der Waals surface area contributed by atoms with Gasteiger partial charge in [-0.05, 0) is 18.9 Å². The van der Waals surface area contributed by atoms with E-state index in [-0.39, 0.29) is 17.5 Å². The summed E-state index contributed by atoms with van der Waals surface area (Å²) in [6.45, 7) is 1.34. The Labute approximate surface area is 131 Å². The number of nitrogens with zero attached hydrogens (tertiary/aromatic N) is 2. The van der Waals surface area contributed by atoms with E-state index in [4.69, 9.17) is 11.5 Å². The van der Waals surface area contributed by atoms with E-state index in [1.165, 1.54) is 19.2 Å². The van der Waals surface area contributed by atoms with Crippen molar-refractivity contribution >= 4 is 22.4 Å². The Kier molecular flexibility index (Phi) is 3.63. The number of imidazole rings is 1. The third-order valence-corrected chi connectivity index (χ3v) is 3.80. The molecule has 0 aliphatic heterocycles. The largest absolute Gasteiger partial charge is 0.404 e. The van der Waals surface area contributed by atoms with Crippen LogP contribution >= 0.6 is 0 Å². The minimum atomic E-state index is -0.957. The van der Waals surface area contributed by atoms with Crippen LogP contribution in [-0.2, 0) is 4.79 Å². The van der Waals surface area contributed by atoms with Gasteiger partial charge in [0.2, 0.25) is 0 Å². The number of aromatic nitrogens is 2. The van der Waals surface area contributed by atoms with Crippen LogP contribution in [0.3, 0.4) is 0 Å². The summed E-state index contributed by atoms with van der Waals surface area (Å²) < 4.78 is 28.9. The maximum atomic E-state index is 13.6. The molecule has 0 bridgehead atoms. The minimum Gasteiger partial charge on any atom is -0.404 e. The normalized spacial score (nSPS) is 16.1. The summed E-state index contributed by atoms with van der Waals surface area (Å²) >= 11 is 0. The average Bonchev–Trinajstić information content (AvgIpc) is 3.27. The van der Waals surface area contributed by atoms with Gasteiger partial charge in [0.05, 0.1) is 16.7 Å². The summed E-state index contributed by atoms with van der Waals surface area (Å²) in [6.07, 6.45) is 4.54. The van der Waals surface area contributed by atoms with Crippen molar-refractivity contribution in [1.82, 2.24) is 9.55 Å². The Morgan fingerprint density at radius 2 is 2.00 bits per heavy atom. The van der Waals surface area contributed by atoms with Gasteiger partial charge in [0.1, 0.15) is 5.82 Å². The number of nitrogens with two attached hydrogens (primary N) is 2. The van der Waals surface area contributed by atoms with Gasteiger partial charge in [-0.3, -0.25) is 4.79 Å². The first-order valence-corrected chi connectivity index (χ1v) is 7.19. The predicted molar refractivity (Wildman–Crippen MR) is 83.0 cm³/mol. The van der Waals surface area contributed by atoms with Crippen LogP contribution in [0.2, 0.25) is 0 Å². The molecule has 2 aromatic rings. The van der Waals surface area contributed by atoms with Crippen LogP contribution < -0.4 is 11.5 Å². The highest BCUT2D eigenvalue weighted by Gasteiger charge is 2.29. The molecule has 120 valence electrons. The first-order chi connectivity index (χ1) is 10.9. The second kappa shape index (κ2) is 5.49. The molecule has 0 unspecified atom stereocenters. The van der Waals surface area contributed by atoms with Crippen molar-refractivity contribution in [2.24, 2.45) is 11.5 Å². The number of allylic oxidation sites excluding steroid dienone is 3. The number of halogens is 2. The molecule has 0 radical (unpaired) electrons. The zero-order chi connectivity index (χ0) is 16.7. The average molecular weight is 318 g/mol. The van der Waals surface area contributed by atoms with Gasteiger partial charge in [0.25, 0.3) is 0 Å². The monoisotopic (exact) mass is 318 g/mol. The molecule has 5 nitrogen and oxygen atoms in total. The molecule has 0 amide bonds. The maximum absolute atomic E-state index is 13.6. The molecule has 1 fully saturated rings. The second-order valence-corrected chi connectivity index (χ2v) is 5.57. The van der Waals surface area contributed by atoms with Gasteiger partial charge in [0.15, 0.2) is 17.4 Å². The summed E-state index contributed by atoms with van der Waals surface area (Å²) in [7, 11) is 0. The van der Waals surface area contributed by atoms with Gasteiger partial charge >= 0.3 is 0 Å². The Morgan fingerprint density at radius 3 is 2.57 bits per heavy atom. The third-order valence-electron chi connectivity index (χ3n) is 3.80. The fraction of sp³-hybridized carbons (Fsp3) is 0.250. The molecule has 1 aliphatic carbocycles. The van der Waals surface area contributed by atoms with Gasteiger partial charge in [-0.1, -0.05) is 0 Å². The first kappa shape index (κ1) is 15.2. The van der Waals surface area contributed by atoms with Gasteiger partial charge in [0, 0.05) is 36.9 Å². The van der Waals surface area contributed by atoms with Gasteiger partial charge in [-0.15, -0.1) is 0 Å². The number of hydrogen-bond acceptors (Lipinski definition) is 4. The van der Waals surface area contributed by atoms with Crippen molar-refractivity contribution in [3.63, 3.8) is 0 Å². The van der Waals surface area contributed by atoms with Crippen molar-refractivity contribution in [2.75, 3.05) is 0 Å². The van der Waals surface area contributed by atoms with Crippen LogP contribution in [0, 0.1) is 11.6 Å². The fourth-order valence-corrected chi connectivity index (χ4v) is 2.45. The lowest BCUT2D eigenvalue weighted by atomic mass is 10.2. The molecule has 1 heterocycles. The molecule has 1 aromatic heterocycles. The SMILES string of the molecule is CC(=O)/C(N)=C/C(=C\N)c1nc2cc(F)c(F)cc2n1C1CC1. The molecule has 0 atom stereocenters. The van der Waals surface area contributed by atoms with Crippen molar-refractivity contribution in [2.45, 2.75) is 25.8 Å². The molecule has 1 aromatic carbocycles. The molecule has 7 heteroatoms. The number of hydrogen-bond donors (Lipinski definition) is 2. The van der Waals surface area contributed by atoms with E-state index in [0.717, 1.165) is 25.0 Å². The van der Waals surface area contributed by atoms with Crippen LogP contribution in [-0.4, -0.2) is 15.3 Å². The van der Waals surface area contributed by atoms with Gasteiger partial charge < -0.3 is 16.0 Å². The van der Waals surface area contributed by atoms with E-state index in [9.17, 15) is 13.6 Å². The number of fused-ring (bicyclic) bond motifs is 1. The quantitative estimate of drug-likeness (QED) is 0.669. The molecule has 4 N–H and O–H groups in total. The standard InChI is InChI=1S/C16H16F2N4O/c1-8(23)13(20)4-9(7-19)16-21-14-5-11(17)12(18)6-15(14)22(16)10-2-3-10/h4-7,10H,2-3,19-20H2,1H3/b9-7+,13-4-. The first-order valence-electron chi connectivity index (χ1n) is 7.19. The van der Waals surface area contributed by atoms with E-state index in [0.29, 0.717) is 22.4 Å². The number of ketones is 1. The Bertz CT molecular complexity index is 863. The number of carbonyl (C=O) groups is 1. The zero-order valence-electron chi connectivity index (χ0n) is 12.5. The fourth-order valence-electron chi connectivity index (χ4n) is 2.45. The van der Waals surface area contributed by atoms with Crippen LogP contribution in [0.25, 0.3) is 16.6 Å². The molecule has 0 spiro atoms. The molecular formula is C16H16F2N4O. The summed E-state index contributed by atoms with van der Waals surface area (Å²) in [5, 5.41) is 0. The number of carbonyl (C=O) groups excluding carboxylic acids is 1. The lowest BCUT2D eigenvalue weighted by molar-refractivity contribution is -0.113. The number of rotatable bonds is 4. The summed E-state index contributed by atoms with van der Waals surface area (Å²) in [5.74, 6) is -1.74. The van der Waals surface area contributed by atoms with Crippen molar-refractivity contribution in [3.8, 4) is 0 Å². The Hall–Kier alpha value is -2.70. The summed E-state index contributed by atoms with van der Waals surface area (Å²) in [4.78, 5) is 15.7. The summed E-state index contributed by atoms with van der Waals surface area (Å²) in [5.41, 5.74) is 12.6. The predicted octanol–water partition coefficient (Wildman–Crippen LogP) is 2.38. The second-order valence-electron chi connectivity index (χ2n) is 5.57. The number of Topliss-reactive ketones (excluding diaryl/α,β-unsaturated/α-hetero) is 1. The Morgan fingerprint density at radius 1 is 1.35 bits per heavy atom. The minimum absolute atomic E-state index is 0.0356. The van der Waals surface area contributed by atoms with Crippen molar-refractivity contribution in [1.29, 1.82) is 0 Å². The van der Waals surface area contributed by atoms with E-state index in [2.05, 4.69) is 4.98 Å². The molecule has 1 aliphatic rings. The maximum Gasteiger partial charge on any atom is 0.175 e. The lowest BCUT2D eigenvalue weighted by Crippen LogP contribution is -2.09. The molecule has 23 heavy (non-hydrogen) atoms. The van der Waals surface area contributed by atoms with E-state index < -0.39 is 11.6 Å².